The highest BCUT2D eigenvalue weighted by Gasteiger charge is 2.31. The van der Waals surface area contributed by atoms with E-state index in [4.69, 9.17) is 4.74 Å². The summed E-state index contributed by atoms with van der Waals surface area (Å²) < 4.78 is 44.7. The largest absolute Gasteiger partial charge is 0.573 e. The molecule has 1 rings (SSSR count). The summed E-state index contributed by atoms with van der Waals surface area (Å²) in [6.07, 6.45) is -4.67. The van der Waals surface area contributed by atoms with Gasteiger partial charge in [0, 0.05) is 6.07 Å². The predicted octanol–water partition coefficient (Wildman–Crippen LogP) is 3.29. The number of benzene rings is 1. The average molecular weight is 220 g/mol. The van der Waals surface area contributed by atoms with E-state index < -0.39 is 6.36 Å². The average Bonchev–Trinajstić information content (AvgIpc) is 1.99. The second-order valence-corrected chi connectivity index (χ2v) is 2.96. The monoisotopic (exact) mass is 220 g/mol. The van der Waals surface area contributed by atoms with Crippen molar-refractivity contribution >= 4 is 0 Å². The number of rotatable bonds is 3. The van der Waals surface area contributed by atoms with Gasteiger partial charge in [0.15, 0.2) is 0 Å². The van der Waals surface area contributed by atoms with Gasteiger partial charge in [-0.1, -0.05) is 0 Å². The Morgan fingerprint density at radius 2 is 1.73 bits per heavy atom. The molecule has 0 saturated heterocycles. The Balaban J connectivity index is 2.88. The molecule has 0 unspecified atom stereocenters. The van der Waals surface area contributed by atoms with E-state index in [9.17, 15) is 13.2 Å². The Hall–Kier alpha value is -1.39. The normalized spacial score (nSPS) is 11.3. The molecule has 0 bridgehead atoms. The third kappa shape index (κ3) is 4.10. The van der Waals surface area contributed by atoms with E-state index in [0.717, 1.165) is 0 Å². The van der Waals surface area contributed by atoms with Gasteiger partial charge in [-0.2, -0.15) is 0 Å². The summed E-state index contributed by atoms with van der Waals surface area (Å²) in [4.78, 5) is 0. The van der Waals surface area contributed by atoms with Crippen LogP contribution in [0.3, 0.4) is 0 Å². The zero-order chi connectivity index (χ0) is 11.5. The Labute approximate surface area is 85.6 Å². The van der Waals surface area contributed by atoms with Crippen molar-refractivity contribution in [2.45, 2.75) is 20.2 Å². The summed E-state index contributed by atoms with van der Waals surface area (Å²) in [5, 5.41) is 0. The number of aryl methyl sites for hydroxylation is 1. The van der Waals surface area contributed by atoms with Gasteiger partial charge in [0.05, 0.1) is 6.61 Å². The van der Waals surface area contributed by atoms with Crippen LogP contribution in [0.5, 0.6) is 11.5 Å². The first-order valence-corrected chi connectivity index (χ1v) is 4.41. The van der Waals surface area contributed by atoms with Gasteiger partial charge in [-0.05, 0) is 31.5 Å². The van der Waals surface area contributed by atoms with Crippen LogP contribution in [-0.2, 0) is 0 Å². The number of hydrogen-bond acceptors (Lipinski definition) is 2. The first-order chi connectivity index (χ1) is 6.90. The van der Waals surface area contributed by atoms with Crippen molar-refractivity contribution in [1.29, 1.82) is 0 Å². The van der Waals surface area contributed by atoms with Gasteiger partial charge in [-0.15, -0.1) is 13.2 Å². The molecule has 0 aliphatic heterocycles. The van der Waals surface area contributed by atoms with Crippen molar-refractivity contribution in [2.24, 2.45) is 0 Å². The molecule has 84 valence electrons. The van der Waals surface area contributed by atoms with Crippen LogP contribution in [0.25, 0.3) is 0 Å². The highest BCUT2D eigenvalue weighted by atomic mass is 19.4. The zero-order valence-electron chi connectivity index (χ0n) is 8.39. The van der Waals surface area contributed by atoms with Crippen molar-refractivity contribution in [1.82, 2.24) is 0 Å². The Bertz CT molecular complexity index is 334. The maximum atomic E-state index is 11.9. The molecule has 5 heteroatoms. The number of halogens is 3. The van der Waals surface area contributed by atoms with Crippen LogP contribution < -0.4 is 9.47 Å². The van der Waals surface area contributed by atoms with E-state index in [2.05, 4.69) is 4.74 Å². The smallest absolute Gasteiger partial charge is 0.494 e. The molecular formula is C10H11F3O2. The molecule has 15 heavy (non-hydrogen) atoms. The van der Waals surface area contributed by atoms with Gasteiger partial charge in [-0.3, -0.25) is 0 Å². The third-order valence-electron chi connectivity index (χ3n) is 1.57. The number of alkyl halides is 3. The van der Waals surface area contributed by atoms with E-state index in [0.29, 0.717) is 17.9 Å². The predicted molar refractivity (Wildman–Crippen MR) is 49.0 cm³/mol. The summed E-state index contributed by atoms with van der Waals surface area (Å²) >= 11 is 0. The van der Waals surface area contributed by atoms with Crippen molar-refractivity contribution in [3.63, 3.8) is 0 Å². The molecule has 0 saturated carbocycles. The summed E-state index contributed by atoms with van der Waals surface area (Å²) in [5.41, 5.74) is 0.653. The third-order valence-corrected chi connectivity index (χ3v) is 1.57. The molecule has 0 N–H and O–H groups in total. The fraction of sp³-hybridized carbons (Fsp3) is 0.400. The van der Waals surface area contributed by atoms with E-state index in [-0.39, 0.29) is 5.75 Å². The van der Waals surface area contributed by atoms with Crippen LogP contribution in [0, 0.1) is 6.92 Å². The molecule has 0 spiro atoms. The fourth-order valence-corrected chi connectivity index (χ4v) is 1.16. The van der Waals surface area contributed by atoms with Crippen molar-refractivity contribution in [3.05, 3.63) is 23.8 Å². The molecule has 1 aromatic carbocycles. The topological polar surface area (TPSA) is 18.5 Å². The SMILES string of the molecule is CCOc1cc(C)cc(OC(F)(F)F)c1. The molecule has 0 radical (unpaired) electrons. The molecule has 0 fully saturated rings. The number of ether oxygens (including phenoxy) is 2. The summed E-state index contributed by atoms with van der Waals surface area (Å²) in [7, 11) is 0. The second kappa shape index (κ2) is 4.42. The van der Waals surface area contributed by atoms with E-state index in [1.165, 1.54) is 12.1 Å². The molecule has 0 heterocycles. The highest BCUT2D eigenvalue weighted by Crippen LogP contribution is 2.27. The first kappa shape index (κ1) is 11.7. The summed E-state index contributed by atoms with van der Waals surface area (Å²) in [6, 6.07) is 4.16. The molecule has 1 aromatic rings. The lowest BCUT2D eigenvalue weighted by atomic mass is 10.2. The molecule has 2 nitrogen and oxygen atoms in total. The molecule has 0 aliphatic rings. The number of hydrogen-bond donors (Lipinski definition) is 0. The van der Waals surface area contributed by atoms with E-state index >= 15 is 0 Å². The lowest BCUT2D eigenvalue weighted by Crippen LogP contribution is -2.17. The van der Waals surface area contributed by atoms with Gasteiger partial charge in [0.2, 0.25) is 0 Å². The van der Waals surface area contributed by atoms with Gasteiger partial charge < -0.3 is 9.47 Å². The Kier molecular flexibility index (Phi) is 3.44. The van der Waals surface area contributed by atoms with Gasteiger partial charge in [0.25, 0.3) is 0 Å². The van der Waals surface area contributed by atoms with E-state index in [1.807, 2.05) is 0 Å². The minimum atomic E-state index is -4.67. The lowest BCUT2D eigenvalue weighted by Gasteiger charge is -2.11. The first-order valence-electron chi connectivity index (χ1n) is 4.41. The Morgan fingerprint density at radius 1 is 1.13 bits per heavy atom. The minimum Gasteiger partial charge on any atom is -0.494 e. The molecule has 0 aromatic heterocycles. The summed E-state index contributed by atoms with van der Waals surface area (Å²) in [6.45, 7) is 3.83. The molecule has 0 atom stereocenters. The van der Waals surface area contributed by atoms with Crippen LogP contribution in [0.2, 0.25) is 0 Å². The van der Waals surface area contributed by atoms with Gasteiger partial charge in [0.1, 0.15) is 11.5 Å². The maximum Gasteiger partial charge on any atom is 0.573 e. The van der Waals surface area contributed by atoms with Crippen LogP contribution in [-0.4, -0.2) is 13.0 Å². The fourth-order valence-electron chi connectivity index (χ4n) is 1.16. The standard InChI is InChI=1S/C10H11F3O2/c1-3-14-8-4-7(2)5-9(6-8)15-10(11,12)13/h4-6H,3H2,1-2H3. The zero-order valence-corrected chi connectivity index (χ0v) is 8.39. The van der Waals surface area contributed by atoms with Crippen LogP contribution in [0.15, 0.2) is 18.2 Å². The second-order valence-electron chi connectivity index (χ2n) is 2.96. The minimum absolute atomic E-state index is 0.258. The lowest BCUT2D eigenvalue weighted by molar-refractivity contribution is -0.274. The molecular weight excluding hydrogens is 209 g/mol. The molecule has 0 amide bonds. The van der Waals surface area contributed by atoms with Gasteiger partial charge >= 0.3 is 6.36 Å². The molecule has 0 aliphatic carbocycles. The van der Waals surface area contributed by atoms with Crippen LogP contribution in [0.1, 0.15) is 12.5 Å². The van der Waals surface area contributed by atoms with Crippen molar-refractivity contribution in [3.8, 4) is 11.5 Å². The van der Waals surface area contributed by atoms with E-state index in [1.54, 1.807) is 19.9 Å². The van der Waals surface area contributed by atoms with Crippen LogP contribution in [0.4, 0.5) is 13.2 Å². The van der Waals surface area contributed by atoms with Gasteiger partial charge in [-0.25, -0.2) is 0 Å². The maximum absolute atomic E-state index is 11.9. The van der Waals surface area contributed by atoms with Crippen molar-refractivity contribution < 1.29 is 22.6 Å². The highest BCUT2D eigenvalue weighted by molar-refractivity contribution is 5.37. The quantitative estimate of drug-likeness (QED) is 0.778. The van der Waals surface area contributed by atoms with Crippen molar-refractivity contribution in [2.75, 3.05) is 6.61 Å². The summed E-state index contributed by atoms with van der Waals surface area (Å²) in [5.74, 6) is 0.114. The van der Waals surface area contributed by atoms with Crippen LogP contribution >= 0.6 is 0 Å². The Morgan fingerprint density at radius 3 is 2.27 bits per heavy atom.